The highest BCUT2D eigenvalue weighted by Crippen LogP contribution is 2.49. The lowest BCUT2D eigenvalue weighted by Crippen LogP contribution is -2.13. The van der Waals surface area contributed by atoms with Gasteiger partial charge in [-0.3, -0.25) is 0 Å². The molecular weight excluding hydrogens is 164 g/mol. The van der Waals surface area contributed by atoms with Crippen molar-refractivity contribution in [2.75, 3.05) is 0 Å². The first-order valence-electron chi connectivity index (χ1n) is 4.37. The van der Waals surface area contributed by atoms with E-state index in [0.717, 1.165) is 11.5 Å². The number of hydrogen-bond donors (Lipinski definition) is 0. The van der Waals surface area contributed by atoms with E-state index >= 15 is 0 Å². The molecule has 2 aromatic heterocycles. The molecule has 0 aliphatic heterocycles. The van der Waals surface area contributed by atoms with Gasteiger partial charge in [0.15, 0.2) is 11.5 Å². The first kappa shape index (κ1) is 7.01. The SMILES string of the molecule is CC1(C)c2ccoc2-c2occc21. The molecule has 0 radical (unpaired) electrons. The van der Waals surface area contributed by atoms with Gasteiger partial charge in [0.25, 0.3) is 0 Å². The van der Waals surface area contributed by atoms with Crippen molar-refractivity contribution in [2.45, 2.75) is 19.3 Å². The molecule has 0 spiro atoms. The summed E-state index contributed by atoms with van der Waals surface area (Å²) in [6, 6.07) is 4.04. The molecule has 66 valence electrons. The third kappa shape index (κ3) is 0.648. The van der Waals surface area contributed by atoms with E-state index in [1.165, 1.54) is 11.1 Å². The monoisotopic (exact) mass is 174 g/mol. The maximum atomic E-state index is 5.40. The Morgan fingerprint density at radius 2 is 1.38 bits per heavy atom. The quantitative estimate of drug-likeness (QED) is 0.613. The van der Waals surface area contributed by atoms with Crippen molar-refractivity contribution in [1.82, 2.24) is 0 Å². The van der Waals surface area contributed by atoms with Crippen molar-refractivity contribution in [2.24, 2.45) is 0 Å². The van der Waals surface area contributed by atoms with Crippen LogP contribution in [-0.2, 0) is 5.41 Å². The second kappa shape index (κ2) is 1.90. The molecule has 0 N–H and O–H groups in total. The summed E-state index contributed by atoms with van der Waals surface area (Å²) in [4.78, 5) is 0. The molecule has 0 aromatic carbocycles. The fourth-order valence-corrected chi connectivity index (χ4v) is 2.10. The van der Waals surface area contributed by atoms with Gasteiger partial charge >= 0.3 is 0 Å². The largest absolute Gasteiger partial charge is 0.461 e. The average molecular weight is 174 g/mol. The van der Waals surface area contributed by atoms with E-state index in [4.69, 9.17) is 8.83 Å². The first-order valence-corrected chi connectivity index (χ1v) is 4.37. The fraction of sp³-hybridized carbons (Fsp3) is 0.273. The summed E-state index contributed by atoms with van der Waals surface area (Å²) >= 11 is 0. The van der Waals surface area contributed by atoms with Gasteiger partial charge in [-0.25, -0.2) is 0 Å². The van der Waals surface area contributed by atoms with Gasteiger partial charge in [0.05, 0.1) is 12.5 Å². The number of hydrogen-bond acceptors (Lipinski definition) is 2. The zero-order valence-corrected chi connectivity index (χ0v) is 7.63. The van der Waals surface area contributed by atoms with Crippen LogP contribution in [0.5, 0.6) is 0 Å². The normalized spacial score (nSPS) is 17.1. The van der Waals surface area contributed by atoms with Crippen molar-refractivity contribution >= 4 is 0 Å². The van der Waals surface area contributed by atoms with E-state index < -0.39 is 0 Å². The average Bonchev–Trinajstić information content (AvgIpc) is 2.74. The van der Waals surface area contributed by atoms with Crippen LogP contribution in [0.1, 0.15) is 25.0 Å². The molecule has 2 aromatic rings. The lowest BCUT2D eigenvalue weighted by Gasteiger charge is -2.16. The Labute approximate surface area is 76.2 Å². The van der Waals surface area contributed by atoms with E-state index in [9.17, 15) is 0 Å². The molecule has 0 saturated heterocycles. The Kier molecular flexibility index (Phi) is 1.02. The molecule has 1 aliphatic rings. The lowest BCUT2D eigenvalue weighted by molar-refractivity contribution is 0.525. The molecule has 1 aliphatic carbocycles. The van der Waals surface area contributed by atoms with Gasteiger partial charge in [0.2, 0.25) is 0 Å². The van der Waals surface area contributed by atoms with E-state index in [2.05, 4.69) is 13.8 Å². The number of rotatable bonds is 0. The van der Waals surface area contributed by atoms with Gasteiger partial charge in [-0.05, 0) is 12.1 Å². The van der Waals surface area contributed by atoms with Crippen LogP contribution in [0.2, 0.25) is 0 Å². The van der Waals surface area contributed by atoms with Crippen molar-refractivity contribution in [3.63, 3.8) is 0 Å². The zero-order valence-electron chi connectivity index (χ0n) is 7.63. The summed E-state index contributed by atoms with van der Waals surface area (Å²) in [6.07, 6.45) is 3.44. The van der Waals surface area contributed by atoms with Crippen LogP contribution < -0.4 is 0 Å². The van der Waals surface area contributed by atoms with Gasteiger partial charge in [0.1, 0.15) is 0 Å². The zero-order chi connectivity index (χ0) is 9.05. The number of fused-ring (bicyclic) bond motifs is 3. The van der Waals surface area contributed by atoms with Gasteiger partial charge in [-0.2, -0.15) is 0 Å². The first-order chi connectivity index (χ1) is 6.21. The van der Waals surface area contributed by atoms with Crippen LogP contribution in [0.15, 0.2) is 33.5 Å². The molecule has 2 heterocycles. The minimum Gasteiger partial charge on any atom is -0.461 e. The predicted octanol–water partition coefficient (Wildman–Crippen LogP) is 3.18. The molecule has 13 heavy (non-hydrogen) atoms. The smallest absolute Gasteiger partial charge is 0.173 e. The molecule has 2 nitrogen and oxygen atoms in total. The van der Waals surface area contributed by atoms with Crippen LogP contribution in [0.25, 0.3) is 11.5 Å². The Hall–Kier alpha value is -1.44. The Morgan fingerprint density at radius 1 is 0.923 bits per heavy atom. The summed E-state index contributed by atoms with van der Waals surface area (Å²) in [5.41, 5.74) is 2.48. The van der Waals surface area contributed by atoms with Crippen molar-refractivity contribution < 1.29 is 8.83 Å². The van der Waals surface area contributed by atoms with E-state index in [1.54, 1.807) is 12.5 Å². The van der Waals surface area contributed by atoms with E-state index in [-0.39, 0.29) is 5.41 Å². The fourth-order valence-electron chi connectivity index (χ4n) is 2.10. The summed E-state index contributed by atoms with van der Waals surface area (Å²) in [5, 5.41) is 0. The molecular formula is C11H10O2. The molecule has 3 rings (SSSR count). The summed E-state index contributed by atoms with van der Waals surface area (Å²) in [7, 11) is 0. The van der Waals surface area contributed by atoms with Crippen LogP contribution >= 0.6 is 0 Å². The molecule has 0 bridgehead atoms. The van der Waals surface area contributed by atoms with Crippen molar-refractivity contribution in [3.05, 3.63) is 35.8 Å². The molecule has 0 atom stereocenters. The summed E-state index contributed by atoms with van der Waals surface area (Å²) in [6.45, 7) is 4.37. The molecule has 0 unspecified atom stereocenters. The minimum atomic E-state index is 0.0324. The topological polar surface area (TPSA) is 26.3 Å². The Morgan fingerprint density at radius 3 is 1.85 bits per heavy atom. The van der Waals surface area contributed by atoms with Gasteiger partial charge in [-0.15, -0.1) is 0 Å². The highest BCUT2D eigenvalue weighted by Gasteiger charge is 2.40. The molecule has 2 heteroatoms. The van der Waals surface area contributed by atoms with Gasteiger partial charge in [-0.1, -0.05) is 13.8 Å². The van der Waals surface area contributed by atoms with Crippen molar-refractivity contribution in [1.29, 1.82) is 0 Å². The summed E-state index contributed by atoms with van der Waals surface area (Å²) < 4.78 is 10.8. The van der Waals surface area contributed by atoms with Gasteiger partial charge in [0, 0.05) is 16.5 Å². The Bertz CT molecular complexity index is 418. The molecule has 0 amide bonds. The maximum Gasteiger partial charge on any atom is 0.173 e. The highest BCUT2D eigenvalue weighted by molar-refractivity contribution is 5.71. The third-order valence-corrected chi connectivity index (χ3v) is 2.88. The second-order valence-corrected chi connectivity index (χ2v) is 3.95. The van der Waals surface area contributed by atoms with Crippen LogP contribution in [0.4, 0.5) is 0 Å². The predicted molar refractivity (Wildman–Crippen MR) is 48.5 cm³/mol. The lowest BCUT2D eigenvalue weighted by atomic mass is 9.84. The molecule has 0 saturated carbocycles. The van der Waals surface area contributed by atoms with Crippen LogP contribution in [-0.4, -0.2) is 0 Å². The second-order valence-electron chi connectivity index (χ2n) is 3.95. The summed E-state index contributed by atoms with van der Waals surface area (Å²) in [5.74, 6) is 1.79. The highest BCUT2D eigenvalue weighted by atomic mass is 16.4. The van der Waals surface area contributed by atoms with Crippen molar-refractivity contribution in [3.8, 4) is 11.5 Å². The molecule has 0 fully saturated rings. The van der Waals surface area contributed by atoms with E-state index in [1.807, 2.05) is 12.1 Å². The van der Waals surface area contributed by atoms with Crippen LogP contribution in [0, 0.1) is 0 Å². The van der Waals surface area contributed by atoms with Gasteiger partial charge < -0.3 is 8.83 Å². The maximum absolute atomic E-state index is 5.40. The number of furan rings is 2. The standard InChI is InChI=1S/C11H10O2/c1-11(2)7-3-5-12-9(7)10-8(11)4-6-13-10/h3-6H,1-2H3. The third-order valence-electron chi connectivity index (χ3n) is 2.88. The Balaban J connectivity index is 2.44. The minimum absolute atomic E-state index is 0.0324. The van der Waals surface area contributed by atoms with Crippen LogP contribution in [0.3, 0.4) is 0 Å². The van der Waals surface area contributed by atoms with E-state index in [0.29, 0.717) is 0 Å².